The maximum Gasteiger partial charge on any atom is 0.243 e. The van der Waals surface area contributed by atoms with Gasteiger partial charge in [0.2, 0.25) is 10.0 Å². The monoisotopic (exact) mass is 251 g/mol. The first-order chi connectivity index (χ1) is 7.36. The summed E-state index contributed by atoms with van der Waals surface area (Å²) in [6.45, 7) is 0.963. The normalized spacial score (nSPS) is 13.8. The zero-order chi connectivity index (χ0) is 12.3. The van der Waals surface area contributed by atoms with Crippen LogP contribution in [0.3, 0.4) is 0 Å². The number of halogens is 2. The minimum atomic E-state index is -4.15. The molecule has 7 heteroatoms. The molecule has 1 atom stereocenters. The lowest BCUT2D eigenvalue weighted by Gasteiger charge is -2.11. The SMILES string of the molecule is C[C@H](CO)NS(=O)(=O)c1cc(F)ccc1F. The van der Waals surface area contributed by atoms with Crippen molar-refractivity contribution in [2.45, 2.75) is 17.9 Å². The number of aliphatic hydroxyl groups excluding tert-OH is 1. The van der Waals surface area contributed by atoms with Gasteiger partial charge in [-0.25, -0.2) is 21.9 Å². The van der Waals surface area contributed by atoms with E-state index in [9.17, 15) is 17.2 Å². The Bertz CT molecular complexity index is 476. The van der Waals surface area contributed by atoms with Crippen LogP contribution in [0.2, 0.25) is 0 Å². The van der Waals surface area contributed by atoms with E-state index in [1.807, 2.05) is 4.72 Å². The summed E-state index contributed by atoms with van der Waals surface area (Å²) < 4.78 is 51.1. The molecule has 0 amide bonds. The van der Waals surface area contributed by atoms with Crippen LogP contribution in [-0.2, 0) is 10.0 Å². The molecule has 2 N–H and O–H groups in total. The summed E-state index contributed by atoms with van der Waals surface area (Å²) in [5.41, 5.74) is 0. The van der Waals surface area contributed by atoms with Gasteiger partial charge in [0.1, 0.15) is 16.5 Å². The minimum absolute atomic E-state index is 0.434. The lowest BCUT2D eigenvalue weighted by Crippen LogP contribution is -2.35. The van der Waals surface area contributed by atoms with Crippen molar-refractivity contribution in [3.8, 4) is 0 Å². The number of hydrogen-bond acceptors (Lipinski definition) is 3. The van der Waals surface area contributed by atoms with E-state index in [-0.39, 0.29) is 0 Å². The number of aliphatic hydroxyl groups is 1. The summed E-state index contributed by atoms with van der Waals surface area (Å²) in [4.78, 5) is -0.771. The van der Waals surface area contributed by atoms with E-state index in [0.717, 1.165) is 12.1 Å². The van der Waals surface area contributed by atoms with Gasteiger partial charge in [0.15, 0.2) is 0 Å². The molecule has 1 aromatic rings. The Balaban J connectivity index is 3.12. The molecule has 0 spiro atoms. The molecule has 0 aliphatic carbocycles. The molecule has 0 saturated heterocycles. The van der Waals surface area contributed by atoms with Crippen LogP contribution in [0.1, 0.15) is 6.92 Å². The van der Waals surface area contributed by atoms with Crippen molar-refractivity contribution < 1.29 is 22.3 Å². The van der Waals surface area contributed by atoms with Gasteiger partial charge in [0.05, 0.1) is 6.61 Å². The first-order valence-corrected chi connectivity index (χ1v) is 5.93. The van der Waals surface area contributed by atoms with Gasteiger partial charge in [-0.1, -0.05) is 0 Å². The van der Waals surface area contributed by atoms with Gasteiger partial charge in [-0.15, -0.1) is 0 Å². The highest BCUT2D eigenvalue weighted by Gasteiger charge is 2.21. The maximum atomic E-state index is 13.2. The Kier molecular flexibility index (Phi) is 3.95. The third-order valence-corrected chi connectivity index (χ3v) is 3.42. The zero-order valence-electron chi connectivity index (χ0n) is 8.44. The average Bonchev–Trinajstić information content (AvgIpc) is 2.20. The fourth-order valence-electron chi connectivity index (χ4n) is 1.05. The molecule has 0 radical (unpaired) electrons. The fourth-order valence-corrected chi connectivity index (χ4v) is 2.37. The standard InChI is InChI=1S/C9H11F2NO3S/c1-6(5-13)12-16(14,15)9-4-7(10)2-3-8(9)11/h2-4,6,12-13H,5H2,1H3/t6-/m1/s1. The van der Waals surface area contributed by atoms with Crippen LogP contribution < -0.4 is 4.72 Å². The topological polar surface area (TPSA) is 66.4 Å². The molecule has 0 aliphatic heterocycles. The van der Waals surface area contributed by atoms with E-state index in [0.29, 0.717) is 6.07 Å². The van der Waals surface area contributed by atoms with Crippen molar-refractivity contribution in [3.63, 3.8) is 0 Å². The molecule has 1 aromatic carbocycles. The Labute approximate surface area is 92.0 Å². The van der Waals surface area contributed by atoms with Crippen LogP contribution in [0.5, 0.6) is 0 Å². The van der Waals surface area contributed by atoms with Gasteiger partial charge in [-0.05, 0) is 25.1 Å². The molecule has 0 aromatic heterocycles. The molecule has 0 bridgehead atoms. The van der Waals surface area contributed by atoms with Crippen molar-refractivity contribution in [1.82, 2.24) is 4.72 Å². The van der Waals surface area contributed by atoms with Crippen molar-refractivity contribution in [2.75, 3.05) is 6.61 Å². The Hall–Kier alpha value is -1.05. The molecule has 0 unspecified atom stereocenters. The summed E-state index contributed by atoms with van der Waals surface area (Å²) >= 11 is 0. The van der Waals surface area contributed by atoms with Gasteiger partial charge < -0.3 is 5.11 Å². The highest BCUT2D eigenvalue weighted by molar-refractivity contribution is 7.89. The van der Waals surface area contributed by atoms with E-state index in [2.05, 4.69) is 0 Å². The second-order valence-corrected chi connectivity index (χ2v) is 4.96. The first kappa shape index (κ1) is 13.0. The quantitative estimate of drug-likeness (QED) is 0.824. The average molecular weight is 251 g/mol. The van der Waals surface area contributed by atoms with Crippen molar-refractivity contribution >= 4 is 10.0 Å². The minimum Gasteiger partial charge on any atom is -0.395 e. The van der Waals surface area contributed by atoms with Gasteiger partial charge in [-0.2, -0.15) is 0 Å². The fraction of sp³-hybridized carbons (Fsp3) is 0.333. The third-order valence-electron chi connectivity index (χ3n) is 1.81. The third kappa shape index (κ3) is 2.97. The van der Waals surface area contributed by atoms with Gasteiger partial charge >= 0.3 is 0 Å². The van der Waals surface area contributed by atoms with E-state index in [1.165, 1.54) is 6.92 Å². The molecule has 0 saturated carbocycles. The highest BCUT2D eigenvalue weighted by Crippen LogP contribution is 2.15. The van der Waals surface area contributed by atoms with Crippen LogP contribution in [0.15, 0.2) is 23.1 Å². The first-order valence-electron chi connectivity index (χ1n) is 4.45. The van der Waals surface area contributed by atoms with Crippen molar-refractivity contribution in [3.05, 3.63) is 29.8 Å². The van der Waals surface area contributed by atoms with Crippen LogP contribution in [-0.4, -0.2) is 26.2 Å². The van der Waals surface area contributed by atoms with Crippen molar-refractivity contribution in [1.29, 1.82) is 0 Å². The second kappa shape index (κ2) is 4.86. The smallest absolute Gasteiger partial charge is 0.243 e. The van der Waals surface area contributed by atoms with Crippen LogP contribution in [0.25, 0.3) is 0 Å². The van der Waals surface area contributed by atoms with Crippen LogP contribution in [0, 0.1) is 11.6 Å². The lowest BCUT2D eigenvalue weighted by molar-refractivity contribution is 0.265. The molecular formula is C9H11F2NO3S. The van der Waals surface area contributed by atoms with Gasteiger partial charge in [0.25, 0.3) is 0 Å². The summed E-state index contributed by atoms with van der Waals surface area (Å²) in [6, 6.07) is 1.37. The molecule has 4 nitrogen and oxygen atoms in total. The summed E-state index contributed by atoms with van der Waals surface area (Å²) in [5, 5.41) is 8.67. The molecule has 0 aliphatic rings. The highest BCUT2D eigenvalue weighted by atomic mass is 32.2. The number of benzene rings is 1. The predicted octanol–water partition coefficient (Wildman–Crippen LogP) is 0.624. The summed E-state index contributed by atoms with van der Waals surface area (Å²) in [7, 11) is -4.15. The molecule has 0 heterocycles. The van der Waals surface area contributed by atoms with E-state index in [4.69, 9.17) is 5.11 Å². The number of hydrogen-bond donors (Lipinski definition) is 2. The zero-order valence-corrected chi connectivity index (χ0v) is 9.26. The van der Waals surface area contributed by atoms with Crippen molar-refractivity contribution in [2.24, 2.45) is 0 Å². The molecule has 90 valence electrons. The Morgan fingerprint density at radius 1 is 1.44 bits per heavy atom. The number of rotatable bonds is 4. The van der Waals surface area contributed by atoms with Crippen LogP contribution >= 0.6 is 0 Å². The van der Waals surface area contributed by atoms with E-state index in [1.54, 1.807) is 0 Å². The second-order valence-electron chi connectivity index (χ2n) is 3.28. The maximum absolute atomic E-state index is 13.2. The summed E-state index contributed by atoms with van der Waals surface area (Å²) in [5.74, 6) is -1.89. The van der Waals surface area contributed by atoms with E-state index < -0.39 is 39.2 Å². The predicted molar refractivity (Wildman–Crippen MR) is 53.2 cm³/mol. The lowest BCUT2D eigenvalue weighted by atomic mass is 10.3. The molecule has 1 rings (SSSR count). The largest absolute Gasteiger partial charge is 0.395 e. The number of nitrogens with one attached hydrogen (secondary N) is 1. The van der Waals surface area contributed by atoms with Gasteiger partial charge in [0, 0.05) is 6.04 Å². The Morgan fingerprint density at radius 2 is 2.06 bits per heavy atom. The Morgan fingerprint density at radius 3 is 2.62 bits per heavy atom. The van der Waals surface area contributed by atoms with E-state index >= 15 is 0 Å². The van der Waals surface area contributed by atoms with Gasteiger partial charge in [-0.3, -0.25) is 0 Å². The molecular weight excluding hydrogens is 240 g/mol. The molecule has 0 fully saturated rings. The summed E-state index contributed by atoms with van der Waals surface area (Å²) in [6.07, 6.45) is 0. The van der Waals surface area contributed by atoms with Crippen LogP contribution in [0.4, 0.5) is 8.78 Å². The molecule has 16 heavy (non-hydrogen) atoms. The number of sulfonamides is 1.